The van der Waals surface area contributed by atoms with Gasteiger partial charge in [0, 0.05) is 22.9 Å². The van der Waals surface area contributed by atoms with Crippen molar-refractivity contribution in [2.24, 2.45) is 0 Å². The number of aromatic amines is 1. The Morgan fingerprint density at radius 2 is 1.92 bits per heavy atom. The van der Waals surface area contributed by atoms with E-state index in [4.69, 9.17) is 0 Å². The third-order valence-corrected chi connectivity index (χ3v) is 2.64. The fourth-order valence-electron chi connectivity index (χ4n) is 2.02. The number of aromatic nitrogens is 1. The minimum absolute atomic E-state index is 0. The first-order chi connectivity index (χ1) is 6.45. The Bertz CT molecular complexity index is 566. The molecular formula is C12H13N. The number of para-hydroxylation sites is 1. The summed E-state index contributed by atoms with van der Waals surface area (Å²) in [6.45, 7) is 0. The van der Waals surface area contributed by atoms with Crippen LogP contribution >= 0.6 is 0 Å². The van der Waals surface area contributed by atoms with Gasteiger partial charge < -0.3 is 4.98 Å². The van der Waals surface area contributed by atoms with Crippen molar-refractivity contribution in [3.05, 3.63) is 34.8 Å². The number of nitrogens with one attached hydrogen (secondary N) is 1. The van der Waals surface area contributed by atoms with Crippen LogP contribution in [0.1, 0.15) is 14.3 Å². The molecule has 0 saturated heterocycles. The lowest BCUT2D eigenvalue weighted by Gasteiger charge is -1.92. The van der Waals surface area contributed by atoms with Crippen molar-refractivity contribution in [3.8, 4) is 0 Å². The lowest BCUT2D eigenvalue weighted by Crippen LogP contribution is -2.24. The third kappa shape index (κ3) is 0.934. The van der Waals surface area contributed by atoms with E-state index in [1.165, 1.54) is 34.3 Å². The van der Waals surface area contributed by atoms with Crippen molar-refractivity contribution >= 4 is 23.1 Å². The molecule has 0 atom stereocenters. The number of rotatable bonds is 0. The maximum atomic E-state index is 3.43. The summed E-state index contributed by atoms with van der Waals surface area (Å²) in [5.74, 6) is 0. The van der Waals surface area contributed by atoms with Gasteiger partial charge >= 0.3 is 0 Å². The Hall–Kier alpha value is -1.50. The van der Waals surface area contributed by atoms with Crippen LogP contribution in [0, 0.1) is 0 Å². The summed E-state index contributed by atoms with van der Waals surface area (Å²) in [5.41, 5.74) is 1.25. The summed E-state index contributed by atoms with van der Waals surface area (Å²) in [5, 5.41) is 4.04. The standard InChI is InChI=1S/C12H11N.H2/c1-3-7-11-9(5-1)10-6-2-4-8-12(10)13-11;/h1,3,5-8,13H,2,4H2;1H. The molecule has 2 aromatic rings. The van der Waals surface area contributed by atoms with Gasteiger partial charge in [-0.2, -0.15) is 0 Å². The summed E-state index contributed by atoms with van der Waals surface area (Å²) in [6, 6.07) is 8.48. The second kappa shape index (κ2) is 2.49. The van der Waals surface area contributed by atoms with E-state index in [9.17, 15) is 0 Å². The second-order valence-corrected chi connectivity index (χ2v) is 3.48. The van der Waals surface area contributed by atoms with Crippen LogP contribution in [0.15, 0.2) is 24.3 Å². The van der Waals surface area contributed by atoms with Gasteiger partial charge in [0.15, 0.2) is 0 Å². The average Bonchev–Trinajstić information content (AvgIpc) is 2.56. The van der Waals surface area contributed by atoms with Crippen molar-refractivity contribution in [1.82, 2.24) is 4.98 Å². The average molecular weight is 171 g/mol. The Labute approximate surface area is 77.9 Å². The topological polar surface area (TPSA) is 15.8 Å². The first-order valence-corrected chi connectivity index (χ1v) is 4.72. The number of fused-ring (bicyclic) bond motifs is 3. The molecular weight excluding hydrogens is 158 g/mol. The summed E-state index contributed by atoms with van der Waals surface area (Å²) in [7, 11) is 0. The first-order valence-electron chi connectivity index (χ1n) is 4.72. The SMILES string of the molecule is C1=c2[nH]c3ccccc3c2=CCC1.[HH]. The Morgan fingerprint density at radius 3 is 2.92 bits per heavy atom. The van der Waals surface area contributed by atoms with Gasteiger partial charge in [0.1, 0.15) is 0 Å². The molecule has 1 nitrogen and oxygen atoms in total. The smallest absolute Gasteiger partial charge is 0.0464 e. The van der Waals surface area contributed by atoms with Gasteiger partial charge in [-0.05, 0) is 18.9 Å². The maximum Gasteiger partial charge on any atom is 0.0464 e. The Morgan fingerprint density at radius 1 is 1.08 bits per heavy atom. The van der Waals surface area contributed by atoms with Crippen molar-refractivity contribution in [2.75, 3.05) is 0 Å². The van der Waals surface area contributed by atoms with E-state index in [2.05, 4.69) is 41.4 Å². The van der Waals surface area contributed by atoms with Gasteiger partial charge in [-0.25, -0.2) is 0 Å². The van der Waals surface area contributed by atoms with Crippen LogP contribution < -0.4 is 10.6 Å². The van der Waals surface area contributed by atoms with Crippen LogP contribution in [-0.2, 0) is 0 Å². The molecule has 0 fully saturated rings. The number of hydrogen-bond acceptors (Lipinski definition) is 0. The third-order valence-electron chi connectivity index (χ3n) is 2.64. The Balaban J connectivity index is 0.000000750. The molecule has 0 radical (unpaired) electrons. The summed E-state index contributed by atoms with van der Waals surface area (Å²) < 4.78 is 0. The molecule has 1 heteroatoms. The summed E-state index contributed by atoms with van der Waals surface area (Å²) >= 11 is 0. The summed E-state index contributed by atoms with van der Waals surface area (Å²) in [6.07, 6.45) is 6.96. The normalized spacial score (nSPS) is 14.8. The van der Waals surface area contributed by atoms with Crippen molar-refractivity contribution in [3.63, 3.8) is 0 Å². The summed E-state index contributed by atoms with van der Waals surface area (Å²) in [4.78, 5) is 3.43. The van der Waals surface area contributed by atoms with E-state index in [0.717, 1.165) is 0 Å². The van der Waals surface area contributed by atoms with Crippen LogP contribution in [0.25, 0.3) is 23.1 Å². The molecule has 0 aliphatic heterocycles. The van der Waals surface area contributed by atoms with Gasteiger partial charge in [0.05, 0.1) is 0 Å². The highest BCUT2D eigenvalue weighted by atomic mass is 14.7. The molecule has 13 heavy (non-hydrogen) atoms. The minimum Gasteiger partial charge on any atom is -0.355 e. The van der Waals surface area contributed by atoms with Crippen LogP contribution in [0.2, 0.25) is 0 Å². The van der Waals surface area contributed by atoms with E-state index < -0.39 is 0 Å². The molecule has 1 aliphatic rings. The molecule has 1 aromatic heterocycles. The molecule has 1 N–H and O–H groups in total. The number of hydrogen-bond donors (Lipinski definition) is 1. The second-order valence-electron chi connectivity index (χ2n) is 3.48. The molecule has 0 unspecified atom stereocenters. The van der Waals surface area contributed by atoms with E-state index in [1.807, 2.05) is 0 Å². The van der Waals surface area contributed by atoms with Crippen molar-refractivity contribution in [2.45, 2.75) is 12.8 Å². The highest BCUT2D eigenvalue weighted by Crippen LogP contribution is 2.06. The fourth-order valence-corrected chi connectivity index (χ4v) is 2.02. The molecule has 3 rings (SSSR count). The van der Waals surface area contributed by atoms with Crippen molar-refractivity contribution in [1.29, 1.82) is 0 Å². The quantitative estimate of drug-likeness (QED) is 0.621. The molecule has 0 amide bonds. The zero-order valence-electron chi connectivity index (χ0n) is 7.38. The lowest BCUT2D eigenvalue weighted by atomic mass is 10.1. The van der Waals surface area contributed by atoms with E-state index in [1.54, 1.807) is 0 Å². The molecule has 1 aromatic carbocycles. The maximum absolute atomic E-state index is 3.43. The van der Waals surface area contributed by atoms with Gasteiger partial charge in [0.2, 0.25) is 0 Å². The first kappa shape index (κ1) is 6.96. The van der Waals surface area contributed by atoms with Crippen LogP contribution in [-0.4, -0.2) is 4.98 Å². The molecule has 1 aliphatic carbocycles. The molecule has 0 spiro atoms. The predicted molar refractivity (Wildman–Crippen MR) is 57.8 cm³/mol. The zero-order valence-corrected chi connectivity index (χ0v) is 7.38. The monoisotopic (exact) mass is 171 g/mol. The molecule has 0 bridgehead atoms. The van der Waals surface area contributed by atoms with E-state index >= 15 is 0 Å². The highest BCUT2D eigenvalue weighted by Gasteiger charge is 2.00. The fraction of sp³-hybridized carbons (Fsp3) is 0.167. The number of benzene rings is 1. The number of H-pyrrole nitrogens is 1. The van der Waals surface area contributed by atoms with Gasteiger partial charge in [-0.15, -0.1) is 0 Å². The van der Waals surface area contributed by atoms with Gasteiger partial charge in [-0.3, -0.25) is 0 Å². The van der Waals surface area contributed by atoms with E-state index in [0.29, 0.717) is 0 Å². The highest BCUT2D eigenvalue weighted by molar-refractivity contribution is 5.81. The predicted octanol–water partition coefficient (Wildman–Crippen LogP) is 1.77. The Kier molecular flexibility index (Phi) is 1.33. The molecule has 66 valence electrons. The largest absolute Gasteiger partial charge is 0.355 e. The molecule has 1 heterocycles. The van der Waals surface area contributed by atoms with Gasteiger partial charge in [-0.1, -0.05) is 30.4 Å². The minimum atomic E-state index is 0. The van der Waals surface area contributed by atoms with Gasteiger partial charge in [0.25, 0.3) is 0 Å². The van der Waals surface area contributed by atoms with E-state index in [-0.39, 0.29) is 1.43 Å². The van der Waals surface area contributed by atoms with Crippen LogP contribution in [0.3, 0.4) is 0 Å². The lowest BCUT2D eigenvalue weighted by molar-refractivity contribution is 1.11. The molecule has 0 saturated carbocycles. The van der Waals surface area contributed by atoms with Crippen LogP contribution in [0.5, 0.6) is 0 Å². The zero-order chi connectivity index (χ0) is 8.67. The van der Waals surface area contributed by atoms with Crippen molar-refractivity contribution < 1.29 is 1.43 Å². The van der Waals surface area contributed by atoms with Crippen LogP contribution in [0.4, 0.5) is 0 Å².